The van der Waals surface area contributed by atoms with Crippen LogP contribution < -0.4 is 10.1 Å². The summed E-state index contributed by atoms with van der Waals surface area (Å²) in [5, 5.41) is 11.8. The van der Waals surface area contributed by atoms with Crippen molar-refractivity contribution < 1.29 is 9.53 Å². The van der Waals surface area contributed by atoms with E-state index < -0.39 is 0 Å². The molecule has 4 rings (SSSR count). The van der Waals surface area contributed by atoms with Gasteiger partial charge in [0.15, 0.2) is 5.16 Å². The zero-order valence-electron chi connectivity index (χ0n) is 14.2. The molecule has 0 saturated heterocycles. The number of anilines is 1. The molecule has 0 saturated carbocycles. The van der Waals surface area contributed by atoms with Gasteiger partial charge in [-0.05, 0) is 31.2 Å². The van der Waals surface area contributed by atoms with Gasteiger partial charge in [-0.3, -0.25) is 9.20 Å². The Bertz CT molecular complexity index is 1090. The van der Waals surface area contributed by atoms with Gasteiger partial charge in [0.2, 0.25) is 10.9 Å². The summed E-state index contributed by atoms with van der Waals surface area (Å²) in [4.78, 5) is 13.4. The third kappa shape index (κ3) is 3.13. The molecule has 1 atom stereocenters. The van der Waals surface area contributed by atoms with E-state index in [2.05, 4.69) is 21.6 Å². The van der Waals surface area contributed by atoms with Crippen LogP contribution in [0.5, 0.6) is 5.75 Å². The first-order chi connectivity index (χ1) is 12.7. The first-order valence-electron chi connectivity index (χ1n) is 8.00. The average Bonchev–Trinajstić information content (AvgIpc) is 3.21. The molecule has 1 unspecified atom stereocenters. The Hall–Kier alpha value is -2.58. The standard InChI is InChI=1S/C18H16N4O2S2/c1-11(16(23)19-12-6-5-7-13(10-12)24-2)25-17-20-21-18-22(17)14-8-3-4-9-15(14)26-18/h3-11H,1-2H3,(H,19,23). The zero-order chi connectivity index (χ0) is 18.1. The Balaban J connectivity index is 1.55. The van der Waals surface area contributed by atoms with Gasteiger partial charge in [-0.25, -0.2) is 0 Å². The van der Waals surface area contributed by atoms with Crippen LogP contribution in [0.4, 0.5) is 5.69 Å². The van der Waals surface area contributed by atoms with Crippen molar-refractivity contribution in [3.8, 4) is 5.75 Å². The van der Waals surface area contributed by atoms with E-state index in [1.807, 2.05) is 47.7 Å². The fraction of sp³-hybridized carbons (Fsp3) is 0.167. The monoisotopic (exact) mass is 384 g/mol. The molecule has 0 aliphatic carbocycles. The zero-order valence-corrected chi connectivity index (χ0v) is 15.8. The van der Waals surface area contributed by atoms with Crippen molar-refractivity contribution >= 4 is 49.9 Å². The summed E-state index contributed by atoms with van der Waals surface area (Å²) in [6, 6.07) is 15.4. The number of hydrogen-bond acceptors (Lipinski definition) is 6. The molecule has 26 heavy (non-hydrogen) atoms. The van der Waals surface area contributed by atoms with Crippen molar-refractivity contribution in [2.24, 2.45) is 0 Å². The maximum Gasteiger partial charge on any atom is 0.237 e. The highest BCUT2D eigenvalue weighted by molar-refractivity contribution is 8.00. The summed E-state index contributed by atoms with van der Waals surface area (Å²) in [5.41, 5.74) is 1.76. The maximum atomic E-state index is 12.5. The van der Waals surface area contributed by atoms with Gasteiger partial charge < -0.3 is 10.1 Å². The van der Waals surface area contributed by atoms with Crippen LogP contribution in [0.2, 0.25) is 0 Å². The van der Waals surface area contributed by atoms with Crippen LogP contribution >= 0.6 is 23.1 Å². The minimum absolute atomic E-state index is 0.0976. The highest BCUT2D eigenvalue weighted by Crippen LogP contribution is 2.31. The van der Waals surface area contributed by atoms with Gasteiger partial charge in [-0.2, -0.15) is 0 Å². The molecule has 0 radical (unpaired) electrons. The van der Waals surface area contributed by atoms with Crippen molar-refractivity contribution in [1.29, 1.82) is 0 Å². The first-order valence-corrected chi connectivity index (χ1v) is 9.69. The largest absolute Gasteiger partial charge is 0.497 e. The smallest absolute Gasteiger partial charge is 0.237 e. The molecule has 6 nitrogen and oxygen atoms in total. The van der Waals surface area contributed by atoms with Crippen LogP contribution in [0.1, 0.15) is 6.92 Å². The van der Waals surface area contributed by atoms with Crippen molar-refractivity contribution in [2.45, 2.75) is 17.3 Å². The van der Waals surface area contributed by atoms with Crippen LogP contribution in [-0.2, 0) is 4.79 Å². The molecule has 1 N–H and O–H groups in total. The number of nitrogens with zero attached hydrogens (tertiary/aromatic N) is 3. The molecule has 2 aromatic heterocycles. The van der Waals surface area contributed by atoms with E-state index in [0.717, 1.165) is 15.2 Å². The topological polar surface area (TPSA) is 68.5 Å². The van der Waals surface area contributed by atoms with Gasteiger partial charge in [0.1, 0.15) is 5.75 Å². The number of thioether (sulfide) groups is 1. The lowest BCUT2D eigenvalue weighted by Gasteiger charge is -2.11. The number of rotatable bonds is 5. The molecular formula is C18H16N4O2S2. The van der Waals surface area contributed by atoms with Crippen molar-refractivity contribution in [2.75, 3.05) is 12.4 Å². The van der Waals surface area contributed by atoms with Gasteiger partial charge in [-0.1, -0.05) is 41.3 Å². The van der Waals surface area contributed by atoms with Crippen LogP contribution in [0.15, 0.2) is 53.7 Å². The minimum Gasteiger partial charge on any atom is -0.497 e. The number of methoxy groups -OCH3 is 1. The number of para-hydroxylation sites is 1. The molecule has 1 amide bonds. The Kier molecular flexibility index (Phi) is 4.52. The number of amides is 1. The summed E-state index contributed by atoms with van der Waals surface area (Å²) in [6.07, 6.45) is 0. The van der Waals surface area contributed by atoms with Crippen LogP contribution in [0, 0.1) is 0 Å². The van der Waals surface area contributed by atoms with Gasteiger partial charge in [-0.15, -0.1) is 10.2 Å². The van der Waals surface area contributed by atoms with Crippen LogP contribution in [0.3, 0.4) is 0 Å². The first kappa shape index (κ1) is 16.9. The lowest BCUT2D eigenvalue weighted by Crippen LogP contribution is -2.22. The lowest BCUT2D eigenvalue weighted by molar-refractivity contribution is -0.115. The fourth-order valence-electron chi connectivity index (χ4n) is 2.59. The van der Waals surface area contributed by atoms with E-state index in [1.165, 1.54) is 11.8 Å². The normalized spacial score (nSPS) is 12.4. The minimum atomic E-state index is -0.327. The number of thiazole rings is 1. The molecule has 2 heterocycles. The second-order valence-corrected chi connectivity index (χ2v) is 7.97. The van der Waals surface area contributed by atoms with E-state index in [9.17, 15) is 4.79 Å². The summed E-state index contributed by atoms with van der Waals surface area (Å²) < 4.78 is 8.33. The predicted molar refractivity (Wildman–Crippen MR) is 105 cm³/mol. The van der Waals surface area contributed by atoms with Gasteiger partial charge in [0.05, 0.1) is 22.6 Å². The molecule has 0 aliphatic rings. The summed E-state index contributed by atoms with van der Waals surface area (Å²) in [6.45, 7) is 1.86. The highest BCUT2D eigenvalue weighted by Gasteiger charge is 2.20. The molecule has 4 aromatic rings. The molecule has 0 aliphatic heterocycles. The van der Waals surface area contributed by atoms with Gasteiger partial charge >= 0.3 is 0 Å². The Labute approximate surface area is 158 Å². The van der Waals surface area contributed by atoms with E-state index in [4.69, 9.17) is 4.74 Å². The average molecular weight is 384 g/mol. The Morgan fingerprint density at radius 1 is 1.23 bits per heavy atom. The molecule has 2 aromatic carbocycles. The SMILES string of the molecule is COc1cccc(NC(=O)C(C)Sc2nnc3sc4ccccc4n23)c1. The van der Waals surface area contributed by atoms with E-state index >= 15 is 0 Å². The molecule has 132 valence electrons. The van der Waals surface area contributed by atoms with Crippen molar-refractivity contribution in [1.82, 2.24) is 14.6 Å². The van der Waals surface area contributed by atoms with Crippen molar-refractivity contribution in [3.05, 3.63) is 48.5 Å². The quantitative estimate of drug-likeness (QED) is 0.525. The maximum absolute atomic E-state index is 12.5. The summed E-state index contributed by atoms with van der Waals surface area (Å²) in [7, 11) is 1.60. The van der Waals surface area contributed by atoms with Gasteiger partial charge in [0, 0.05) is 11.8 Å². The Morgan fingerprint density at radius 2 is 2.08 bits per heavy atom. The fourth-order valence-corrected chi connectivity index (χ4v) is 4.47. The molecule has 8 heteroatoms. The molecule has 0 fully saturated rings. The van der Waals surface area contributed by atoms with E-state index in [-0.39, 0.29) is 11.2 Å². The number of carbonyl (C=O) groups excluding carboxylic acids is 1. The Morgan fingerprint density at radius 3 is 2.92 bits per heavy atom. The predicted octanol–water partition coefficient (Wildman–Crippen LogP) is 4.07. The highest BCUT2D eigenvalue weighted by atomic mass is 32.2. The van der Waals surface area contributed by atoms with E-state index in [0.29, 0.717) is 16.6 Å². The lowest BCUT2D eigenvalue weighted by atomic mass is 10.3. The summed E-state index contributed by atoms with van der Waals surface area (Å²) >= 11 is 2.98. The third-order valence-corrected chi connectivity index (χ3v) is 5.95. The number of benzene rings is 2. The number of aromatic nitrogens is 3. The van der Waals surface area contributed by atoms with Gasteiger partial charge in [0.25, 0.3) is 0 Å². The molecule has 0 bridgehead atoms. The second kappa shape index (κ2) is 6.97. The molecule has 0 spiro atoms. The number of fused-ring (bicyclic) bond motifs is 3. The van der Waals surface area contributed by atoms with Crippen LogP contribution in [0.25, 0.3) is 15.2 Å². The molecular weight excluding hydrogens is 368 g/mol. The van der Waals surface area contributed by atoms with E-state index in [1.54, 1.807) is 24.5 Å². The second-order valence-electron chi connectivity index (χ2n) is 5.65. The summed E-state index contributed by atoms with van der Waals surface area (Å²) in [5.74, 6) is 0.603. The number of nitrogens with one attached hydrogen (secondary N) is 1. The number of hydrogen-bond donors (Lipinski definition) is 1. The van der Waals surface area contributed by atoms with Crippen molar-refractivity contribution in [3.63, 3.8) is 0 Å². The number of carbonyl (C=O) groups is 1. The van der Waals surface area contributed by atoms with Crippen LogP contribution in [-0.4, -0.2) is 32.9 Å². The number of ether oxygens (including phenoxy) is 1. The third-order valence-electron chi connectivity index (χ3n) is 3.90.